The number of rotatable bonds is 4. The lowest BCUT2D eigenvalue weighted by molar-refractivity contribution is 0.0515. The average Bonchev–Trinajstić information content (AvgIpc) is 3.42. The van der Waals surface area contributed by atoms with Crippen molar-refractivity contribution < 1.29 is 19.0 Å². The molecule has 148 valence electrons. The zero-order valence-electron chi connectivity index (χ0n) is 16.1. The molecule has 0 amide bonds. The summed E-state index contributed by atoms with van der Waals surface area (Å²) in [4.78, 5) is 19.6. The maximum atomic E-state index is 12.6. The number of esters is 1. The first kappa shape index (κ1) is 17.5. The Kier molecular flexibility index (Phi) is 4.23. The third-order valence-corrected chi connectivity index (χ3v) is 5.66. The number of hydrogen-bond acceptors (Lipinski definition) is 7. The summed E-state index contributed by atoms with van der Waals surface area (Å²) in [5.74, 6) is 1.02. The van der Waals surface area contributed by atoms with E-state index in [0.717, 1.165) is 37.4 Å². The van der Waals surface area contributed by atoms with E-state index in [2.05, 4.69) is 15.0 Å². The van der Waals surface area contributed by atoms with E-state index < -0.39 is 5.97 Å². The highest BCUT2D eigenvalue weighted by molar-refractivity contribution is 5.98. The molecule has 2 bridgehead atoms. The number of aromatic nitrogens is 3. The second kappa shape index (κ2) is 6.77. The van der Waals surface area contributed by atoms with Crippen molar-refractivity contribution in [2.24, 2.45) is 0 Å². The van der Waals surface area contributed by atoms with E-state index >= 15 is 0 Å². The molecule has 28 heavy (non-hydrogen) atoms. The number of anilines is 1. The predicted octanol–water partition coefficient (Wildman–Crippen LogP) is 2.27. The maximum Gasteiger partial charge on any atom is 0.345 e. The van der Waals surface area contributed by atoms with Crippen LogP contribution in [0.15, 0.2) is 18.3 Å². The van der Waals surface area contributed by atoms with Gasteiger partial charge in [-0.15, -0.1) is 0 Å². The van der Waals surface area contributed by atoms with Crippen molar-refractivity contribution in [3.63, 3.8) is 0 Å². The van der Waals surface area contributed by atoms with Crippen LogP contribution < -0.4 is 9.64 Å². The summed E-state index contributed by atoms with van der Waals surface area (Å²) in [6, 6.07) is 4.37. The predicted molar refractivity (Wildman–Crippen MR) is 102 cm³/mol. The van der Waals surface area contributed by atoms with Crippen LogP contribution in [0.25, 0.3) is 11.3 Å². The Morgan fingerprint density at radius 3 is 2.96 bits per heavy atom. The zero-order valence-corrected chi connectivity index (χ0v) is 16.1. The average molecular weight is 384 g/mol. The summed E-state index contributed by atoms with van der Waals surface area (Å²) in [5.41, 5.74) is 1.73. The van der Waals surface area contributed by atoms with Gasteiger partial charge in [0.2, 0.25) is 5.88 Å². The third kappa shape index (κ3) is 2.83. The van der Waals surface area contributed by atoms with Crippen molar-refractivity contribution >= 4 is 11.8 Å². The number of carbonyl (C=O) groups excluding carboxylic acids is 1. The van der Waals surface area contributed by atoms with Gasteiger partial charge in [0.1, 0.15) is 17.1 Å². The summed E-state index contributed by atoms with van der Waals surface area (Å²) < 4.78 is 18.6. The van der Waals surface area contributed by atoms with Crippen molar-refractivity contribution in [1.29, 1.82) is 0 Å². The van der Waals surface area contributed by atoms with E-state index in [0.29, 0.717) is 42.4 Å². The van der Waals surface area contributed by atoms with Gasteiger partial charge in [0.05, 0.1) is 31.5 Å². The highest BCUT2D eigenvalue weighted by Crippen LogP contribution is 2.36. The summed E-state index contributed by atoms with van der Waals surface area (Å²) >= 11 is 0. The molecule has 3 aliphatic rings. The normalized spacial score (nSPS) is 25.5. The van der Waals surface area contributed by atoms with Gasteiger partial charge in [0.25, 0.3) is 0 Å². The number of fused-ring (bicyclic) bond motifs is 3. The molecule has 0 radical (unpaired) electrons. The molecule has 5 heterocycles. The highest BCUT2D eigenvalue weighted by atomic mass is 16.5. The number of aryl methyl sites for hydroxylation is 1. The second-order valence-corrected chi connectivity index (χ2v) is 7.59. The van der Waals surface area contributed by atoms with Crippen molar-refractivity contribution in [2.45, 2.75) is 51.5 Å². The third-order valence-electron chi connectivity index (χ3n) is 5.66. The monoisotopic (exact) mass is 384 g/mol. The largest absolute Gasteiger partial charge is 0.474 e. The lowest BCUT2D eigenvalue weighted by Gasteiger charge is -2.27. The molecular weight excluding hydrogens is 360 g/mol. The maximum absolute atomic E-state index is 12.6. The Morgan fingerprint density at radius 1 is 1.39 bits per heavy atom. The summed E-state index contributed by atoms with van der Waals surface area (Å²) in [5, 5.41) is 4.64. The van der Waals surface area contributed by atoms with E-state index in [1.54, 1.807) is 17.8 Å². The fourth-order valence-electron chi connectivity index (χ4n) is 4.24. The molecule has 8 nitrogen and oxygen atoms in total. The molecule has 2 aromatic rings. The smallest absolute Gasteiger partial charge is 0.345 e. The fourth-order valence-corrected chi connectivity index (χ4v) is 4.24. The number of morpholine rings is 1. The molecule has 2 aromatic heterocycles. The van der Waals surface area contributed by atoms with Crippen LogP contribution in [0.2, 0.25) is 0 Å². The van der Waals surface area contributed by atoms with Crippen molar-refractivity contribution in [3.05, 3.63) is 23.9 Å². The van der Waals surface area contributed by atoms with E-state index in [9.17, 15) is 4.79 Å². The van der Waals surface area contributed by atoms with Crippen LogP contribution in [-0.4, -0.2) is 58.7 Å². The molecule has 3 aliphatic heterocycles. The number of hydrogen-bond donors (Lipinski definition) is 0. The van der Waals surface area contributed by atoms with E-state index in [1.807, 2.05) is 19.1 Å². The van der Waals surface area contributed by atoms with Crippen molar-refractivity contribution in [3.8, 4) is 17.1 Å². The summed E-state index contributed by atoms with van der Waals surface area (Å²) in [6.45, 7) is 6.45. The Bertz CT molecular complexity index is 894. The Balaban J connectivity index is 1.49. The first-order chi connectivity index (χ1) is 13.6. The van der Waals surface area contributed by atoms with E-state index in [1.165, 1.54) is 0 Å². The van der Waals surface area contributed by atoms with Gasteiger partial charge in [0, 0.05) is 31.3 Å². The minimum Gasteiger partial charge on any atom is -0.474 e. The van der Waals surface area contributed by atoms with Gasteiger partial charge in [0.15, 0.2) is 0 Å². The molecular formula is C20H24N4O4. The first-order valence-electron chi connectivity index (χ1n) is 9.93. The fraction of sp³-hybridized carbons (Fsp3) is 0.550. The minimum absolute atomic E-state index is 0.0403. The van der Waals surface area contributed by atoms with Gasteiger partial charge in [-0.2, -0.15) is 5.10 Å². The van der Waals surface area contributed by atoms with Gasteiger partial charge in [-0.05, 0) is 32.4 Å². The topological polar surface area (TPSA) is 78.7 Å². The molecule has 2 saturated heterocycles. The van der Waals surface area contributed by atoms with Crippen molar-refractivity contribution in [1.82, 2.24) is 14.8 Å². The van der Waals surface area contributed by atoms with Crippen LogP contribution in [0.3, 0.4) is 0 Å². The minimum atomic E-state index is -0.411. The number of ether oxygens (including phenoxy) is 3. The molecule has 0 aromatic carbocycles. The Hall–Kier alpha value is -2.61. The molecule has 0 spiro atoms. The number of nitrogens with zero attached hydrogens (tertiary/aromatic N) is 4. The summed E-state index contributed by atoms with van der Waals surface area (Å²) in [6.07, 6.45) is 4.06. The second-order valence-electron chi connectivity index (χ2n) is 7.59. The lowest BCUT2D eigenvalue weighted by atomic mass is 10.1. The van der Waals surface area contributed by atoms with Crippen LogP contribution in [0.5, 0.6) is 5.88 Å². The standard InChI is InChI=1S/C20H24N4O4/c1-3-26-20(25)17-18(22-24-7-6-12(2)28-19(17)24)13-4-5-16(21-9-13)23-10-15-8-14(23)11-27-15/h4-5,9,12,14-15H,3,6-8,10-11H2,1-2H3/t12-,14+,15+/m0/s1. The van der Waals surface area contributed by atoms with Gasteiger partial charge < -0.3 is 19.1 Å². The SMILES string of the molecule is CCOC(=O)c1c(-c2ccc(N3C[C@H]4C[C@@H]3CO4)nc2)nn2c1O[C@@H](C)CC2. The van der Waals surface area contributed by atoms with Crippen molar-refractivity contribution in [2.75, 3.05) is 24.7 Å². The van der Waals surface area contributed by atoms with Crippen LogP contribution in [0.4, 0.5) is 5.82 Å². The molecule has 2 fully saturated rings. The van der Waals surface area contributed by atoms with E-state index in [4.69, 9.17) is 14.2 Å². The van der Waals surface area contributed by atoms with Crippen LogP contribution in [-0.2, 0) is 16.0 Å². The van der Waals surface area contributed by atoms with Crippen LogP contribution in [0.1, 0.15) is 37.0 Å². The van der Waals surface area contributed by atoms with E-state index in [-0.39, 0.29) is 6.10 Å². The number of carbonyl (C=O) groups is 1. The molecule has 0 saturated carbocycles. The molecule has 8 heteroatoms. The Morgan fingerprint density at radius 2 is 2.29 bits per heavy atom. The van der Waals surface area contributed by atoms with Gasteiger partial charge >= 0.3 is 5.97 Å². The first-order valence-corrected chi connectivity index (χ1v) is 9.93. The molecule has 0 N–H and O–H groups in total. The summed E-state index contributed by atoms with van der Waals surface area (Å²) in [7, 11) is 0. The zero-order chi connectivity index (χ0) is 19.3. The number of pyridine rings is 1. The van der Waals surface area contributed by atoms with Gasteiger partial charge in [-0.25, -0.2) is 14.5 Å². The Labute approximate surface area is 163 Å². The van der Waals surface area contributed by atoms with Crippen LogP contribution in [0, 0.1) is 0 Å². The lowest BCUT2D eigenvalue weighted by Crippen LogP contribution is -2.37. The van der Waals surface area contributed by atoms with Crippen LogP contribution >= 0.6 is 0 Å². The quantitative estimate of drug-likeness (QED) is 0.748. The molecule has 5 rings (SSSR count). The molecule has 0 unspecified atom stereocenters. The molecule has 0 aliphatic carbocycles. The van der Waals surface area contributed by atoms with Gasteiger partial charge in [-0.1, -0.05) is 0 Å². The highest BCUT2D eigenvalue weighted by Gasteiger charge is 2.39. The van der Waals surface area contributed by atoms with Gasteiger partial charge in [-0.3, -0.25) is 0 Å². The molecule has 3 atom stereocenters.